The van der Waals surface area contributed by atoms with Crippen LogP contribution in [0, 0.1) is 0 Å². The maximum atomic E-state index is 11.5. The second kappa shape index (κ2) is 3.43. The molecule has 1 atom stereocenters. The number of nitrogens with one attached hydrogen (secondary N) is 2. The average molecular weight is 197 g/mol. The van der Waals surface area contributed by atoms with Gasteiger partial charge in [0.2, 0.25) is 5.91 Å². The van der Waals surface area contributed by atoms with E-state index in [0.29, 0.717) is 6.54 Å². The molecule has 2 heterocycles. The van der Waals surface area contributed by atoms with Crippen LogP contribution in [0.4, 0.5) is 0 Å². The molecule has 0 fully saturated rings. The van der Waals surface area contributed by atoms with Gasteiger partial charge in [-0.15, -0.1) is 11.3 Å². The number of amides is 1. The molecule has 5 heteroatoms. The van der Waals surface area contributed by atoms with Crippen molar-refractivity contribution < 1.29 is 4.79 Å². The summed E-state index contributed by atoms with van der Waals surface area (Å²) in [7, 11) is 1.79. The van der Waals surface area contributed by atoms with Crippen molar-refractivity contribution in [2.75, 3.05) is 13.6 Å². The van der Waals surface area contributed by atoms with Gasteiger partial charge in [-0.05, 0) is 7.05 Å². The highest BCUT2D eigenvalue weighted by molar-refractivity contribution is 7.10. The number of aromatic nitrogens is 1. The number of hydrogen-bond acceptors (Lipinski definition) is 4. The number of rotatable bonds is 1. The summed E-state index contributed by atoms with van der Waals surface area (Å²) < 4.78 is 0. The van der Waals surface area contributed by atoms with E-state index < -0.39 is 0 Å². The summed E-state index contributed by atoms with van der Waals surface area (Å²) in [5.74, 6) is 0.0468. The van der Waals surface area contributed by atoms with Crippen LogP contribution in [0.5, 0.6) is 0 Å². The lowest BCUT2D eigenvalue weighted by atomic mass is 10.2. The smallest absolute Gasteiger partial charge is 0.242 e. The Labute approximate surface area is 80.4 Å². The molecule has 2 N–H and O–H groups in total. The number of carbonyl (C=O) groups excluding carboxylic acids is 1. The maximum absolute atomic E-state index is 11.5. The molecule has 1 aromatic rings. The van der Waals surface area contributed by atoms with Crippen LogP contribution in [-0.2, 0) is 11.2 Å². The number of carbonyl (C=O) groups is 1. The number of thiazole rings is 1. The van der Waals surface area contributed by atoms with Crippen molar-refractivity contribution in [3.63, 3.8) is 0 Å². The third-order valence-electron chi connectivity index (χ3n) is 2.15. The van der Waals surface area contributed by atoms with E-state index in [-0.39, 0.29) is 11.9 Å². The van der Waals surface area contributed by atoms with Gasteiger partial charge in [-0.25, -0.2) is 4.98 Å². The molecule has 1 aliphatic heterocycles. The lowest BCUT2D eigenvalue weighted by Crippen LogP contribution is -2.34. The molecule has 1 aliphatic rings. The quantitative estimate of drug-likeness (QED) is 0.670. The minimum atomic E-state index is -0.218. The Morgan fingerprint density at radius 2 is 2.62 bits per heavy atom. The van der Waals surface area contributed by atoms with E-state index in [1.54, 1.807) is 23.9 Å². The van der Waals surface area contributed by atoms with Crippen molar-refractivity contribution in [2.45, 2.75) is 12.5 Å². The zero-order valence-corrected chi connectivity index (χ0v) is 8.15. The Hall–Kier alpha value is -0.940. The molecule has 0 aliphatic carbocycles. The van der Waals surface area contributed by atoms with Gasteiger partial charge in [0.1, 0.15) is 6.04 Å². The summed E-state index contributed by atoms with van der Waals surface area (Å²) >= 11 is 1.54. The summed E-state index contributed by atoms with van der Waals surface area (Å²) in [4.78, 5) is 16.8. The molecular formula is C8H11N3OS. The van der Waals surface area contributed by atoms with E-state index >= 15 is 0 Å². The van der Waals surface area contributed by atoms with Crippen molar-refractivity contribution >= 4 is 17.2 Å². The van der Waals surface area contributed by atoms with Crippen molar-refractivity contribution in [3.05, 3.63) is 16.1 Å². The predicted octanol–water partition coefficient (Wildman–Crippen LogP) is 0.0759. The van der Waals surface area contributed by atoms with Crippen LogP contribution in [0.1, 0.15) is 16.6 Å². The van der Waals surface area contributed by atoms with Crippen molar-refractivity contribution in [1.82, 2.24) is 15.6 Å². The van der Waals surface area contributed by atoms with Gasteiger partial charge in [0.15, 0.2) is 0 Å². The van der Waals surface area contributed by atoms with Gasteiger partial charge in [-0.3, -0.25) is 4.79 Å². The van der Waals surface area contributed by atoms with Crippen LogP contribution < -0.4 is 10.6 Å². The zero-order valence-electron chi connectivity index (χ0n) is 7.33. The molecule has 0 aromatic carbocycles. The zero-order chi connectivity index (χ0) is 9.26. The van der Waals surface area contributed by atoms with Gasteiger partial charge in [-0.2, -0.15) is 0 Å². The first-order chi connectivity index (χ1) is 6.33. The topological polar surface area (TPSA) is 54.0 Å². The largest absolute Gasteiger partial charge is 0.354 e. The fourth-order valence-corrected chi connectivity index (χ4v) is 2.43. The molecule has 0 saturated heterocycles. The Kier molecular flexibility index (Phi) is 2.28. The van der Waals surface area contributed by atoms with Gasteiger partial charge in [-0.1, -0.05) is 0 Å². The van der Waals surface area contributed by atoms with E-state index in [4.69, 9.17) is 0 Å². The molecular weight excluding hydrogens is 186 g/mol. The molecule has 0 spiro atoms. The monoisotopic (exact) mass is 197 g/mol. The predicted molar refractivity (Wildman–Crippen MR) is 50.6 cm³/mol. The van der Waals surface area contributed by atoms with Crippen LogP contribution in [0.25, 0.3) is 0 Å². The Balaban J connectivity index is 2.39. The van der Waals surface area contributed by atoms with Crippen LogP contribution in [0.15, 0.2) is 5.51 Å². The first-order valence-corrected chi connectivity index (χ1v) is 5.08. The summed E-state index contributed by atoms with van der Waals surface area (Å²) in [5, 5.41) is 5.84. The lowest BCUT2D eigenvalue weighted by Gasteiger charge is -2.10. The third kappa shape index (κ3) is 1.45. The highest BCUT2D eigenvalue weighted by Gasteiger charge is 2.25. The van der Waals surface area contributed by atoms with Gasteiger partial charge in [0.25, 0.3) is 0 Å². The number of nitrogens with zero attached hydrogens (tertiary/aromatic N) is 1. The van der Waals surface area contributed by atoms with Crippen molar-refractivity contribution in [3.8, 4) is 0 Å². The molecule has 1 aromatic heterocycles. The Morgan fingerprint density at radius 1 is 1.77 bits per heavy atom. The van der Waals surface area contributed by atoms with E-state index in [0.717, 1.165) is 17.0 Å². The van der Waals surface area contributed by atoms with Gasteiger partial charge >= 0.3 is 0 Å². The summed E-state index contributed by atoms with van der Waals surface area (Å²) in [5.41, 5.74) is 2.84. The maximum Gasteiger partial charge on any atom is 0.242 e. The van der Waals surface area contributed by atoms with Crippen LogP contribution in [0.2, 0.25) is 0 Å². The van der Waals surface area contributed by atoms with E-state index in [1.165, 1.54) is 0 Å². The summed E-state index contributed by atoms with van der Waals surface area (Å²) in [6.45, 7) is 0.688. The normalized spacial score (nSPS) is 21.9. The van der Waals surface area contributed by atoms with Crippen LogP contribution in [-0.4, -0.2) is 24.5 Å². The van der Waals surface area contributed by atoms with Crippen LogP contribution >= 0.6 is 11.3 Å². The van der Waals surface area contributed by atoms with Crippen LogP contribution in [0.3, 0.4) is 0 Å². The van der Waals surface area contributed by atoms with Crippen molar-refractivity contribution in [1.29, 1.82) is 0 Å². The van der Waals surface area contributed by atoms with E-state index in [1.807, 2.05) is 0 Å². The second-order valence-electron chi connectivity index (χ2n) is 2.93. The molecule has 70 valence electrons. The molecule has 2 rings (SSSR count). The fraction of sp³-hybridized carbons (Fsp3) is 0.500. The highest BCUT2D eigenvalue weighted by atomic mass is 32.1. The standard InChI is InChI=1S/C8H11N3OS/c1-9-6-7-5(11-4-13-7)2-3-10-8(6)12/h4,6,9H,2-3H2,1H3,(H,10,12). The first-order valence-electron chi connectivity index (χ1n) is 4.20. The summed E-state index contributed by atoms with van der Waals surface area (Å²) in [6.07, 6.45) is 0.836. The number of likely N-dealkylation sites (N-methyl/N-ethyl adjacent to an activating group) is 1. The third-order valence-corrected chi connectivity index (χ3v) is 3.08. The molecule has 13 heavy (non-hydrogen) atoms. The Morgan fingerprint density at radius 3 is 3.38 bits per heavy atom. The van der Waals surface area contributed by atoms with Gasteiger partial charge < -0.3 is 10.6 Å². The van der Waals surface area contributed by atoms with Gasteiger partial charge in [0.05, 0.1) is 16.1 Å². The lowest BCUT2D eigenvalue weighted by molar-refractivity contribution is -0.122. The molecule has 4 nitrogen and oxygen atoms in total. The first kappa shape index (κ1) is 8.65. The summed E-state index contributed by atoms with van der Waals surface area (Å²) in [6, 6.07) is -0.218. The molecule has 1 unspecified atom stereocenters. The van der Waals surface area contributed by atoms with Gasteiger partial charge in [0, 0.05) is 13.0 Å². The van der Waals surface area contributed by atoms with E-state index in [2.05, 4.69) is 15.6 Å². The fourth-order valence-electron chi connectivity index (χ4n) is 1.49. The molecule has 1 amide bonds. The SMILES string of the molecule is CNC1C(=O)NCCc2ncsc21. The Bertz CT molecular complexity index is 323. The van der Waals surface area contributed by atoms with E-state index in [9.17, 15) is 4.79 Å². The minimum absolute atomic E-state index is 0.0468. The number of fused-ring (bicyclic) bond motifs is 1. The molecule has 0 bridgehead atoms. The molecule has 0 radical (unpaired) electrons. The highest BCUT2D eigenvalue weighted by Crippen LogP contribution is 2.24. The average Bonchev–Trinajstić information content (AvgIpc) is 2.50. The minimum Gasteiger partial charge on any atom is -0.354 e. The number of hydrogen-bond donors (Lipinski definition) is 2. The molecule has 0 saturated carbocycles. The second-order valence-corrected chi connectivity index (χ2v) is 3.81. The van der Waals surface area contributed by atoms with Crippen molar-refractivity contribution in [2.24, 2.45) is 0 Å².